The Hall–Kier alpha value is -3.79. The topological polar surface area (TPSA) is 76.4 Å². The minimum atomic E-state index is 0.730. The van der Waals surface area contributed by atoms with Crippen LogP contribution in [0.25, 0.3) is 21.5 Å². The molecule has 4 rings (SSSR count). The summed E-state index contributed by atoms with van der Waals surface area (Å²) in [5.74, 6) is 0. The fourth-order valence-electron chi connectivity index (χ4n) is 3.25. The van der Waals surface area contributed by atoms with Crippen LogP contribution in [0.1, 0.15) is 0 Å². The third-order valence-electron chi connectivity index (χ3n) is 4.49. The Balaban J connectivity index is 1.56. The van der Waals surface area contributed by atoms with E-state index in [0.717, 1.165) is 44.3 Å². The monoisotopic (exact) mass is 352 g/mol. The van der Waals surface area contributed by atoms with Gasteiger partial charge in [0.2, 0.25) is 0 Å². The van der Waals surface area contributed by atoms with E-state index in [2.05, 4.69) is 10.3 Å². The number of nitrogens with two attached hydrogens (primary N) is 2. The summed E-state index contributed by atoms with van der Waals surface area (Å²) >= 11 is 0. The molecule has 4 aromatic rings. The number of nitrogen functional groups attached to an aromatic ring is 2. The fraction of sp³-hybridized carbons (Fsp3) is 0. The van der Waals surface area contributed by atoms with Crippen LogP contribution < -0.4 is 16.8 Å². The van der Waals surface area contributed by atoms with Crippen LogP contribution in [0.5, 0.6) is 0 Å². The number of aliphatic imine (C=N–C) groups is 1. The molecule has 0 atom stereocenters. The number of fused-ring (bicyclic) bond motifs is 2. The summed E-state index contributed by atoms with van der Waals surface area (Å²) in [5.41, 5.74) is 15.5. The molecule has 4 heteroatoms. The molecule has 4 nitrogen and oxygen atoms in total. The summed E-state index contributed by atoms with van der Waals surface area (Å²) in [6.07, 6.45) is 5.46. The largest absolute Gasteiger partial charge is 0.398 e. The Morgan fingerprint density at radius 2 is 1.30 bits per heavy atom. The van der Waals surface area contributed by atoms with Crippen molar-refractivity contribution in [3.8, 4) is 0 Å². The lowest BCUT2D eigenvalue weighted by atomic mass is 10.1. The van der Waals surface area contributed by atoms with E-state index in [-0.39, 0.29) is 0 Å². The molecular weight excluding hydrogens is 332 g/mol. The lowest BCUT2D eigenvalue weighted by Gasteiger charge is -2.08. The maximum absolute atomic E-state index is 6.13. The van der Waals surface area contributed by atoms with Gasteiger partial charge in [-0.25, -0.2) is 0 Å². The molecule has 0 saturated carbocycles. The van der Waals surface area contributed by atoms with Gasteiger partial charge < -0.3 is 16.8 Å². The van der Waals surface area contributed by atoms with E-state index < -0.39 is 0 Å². The summed E-state index contributed by atoms with van der Waals surface area (Å²) < 4.78 is 0. The van der Waals surface area contributed by atoms with E-state index in [9.17, 15) is 0 Å². The molecular formula is C23H20N4. The van der Waals surface area contributed by atoms with Gasteiger partial charge in [0, 0.05) is 40.2 Å². The maximum Gasteiger partial charge on any atom is 0.0728 e. The molecule has 0 aliphatic carbocycles. The van der Waals surface area contributed by atoms with Gasteiger partial charge in [0.15, 0.2) is 0 Å². The van der Waals surface area contributed by atoms with E-state index in [1.807, 2.05) is 85.1 Å². The van der Waals surface area contributed by atoms with Crippen LogP contribution in [0, 0.1) is 0 Å². The summed E-state index contributed by atoms with van der Waals surface area (Å²) in [4.78, 5) is 4.55. The molecule has 0 amide bonds. The summed E-state index contributed by atoms with van der Waals surface area (Å²) in [7, 11) is 0. The predicted molar refractivity (Wildman–Crippen MR) is 118 cm³/mol. The highest BCUT2D eigenvalue weighted by Gasteiger charge is 2.03. The van der Waals surface area contributed by atoms with E-state index >= 15 is 0 Å². The molecule has 0 saturated heterocycles. The van der Waals surface area contributed by atoms with E-state index in [0.29, 0.717) is 0 Å². The Bertz CT molecular complexity index is 1170. The normalized spacial score (nSPS) is 11.7. The summed E-state index contributed by atoms with van der Waals surface area (Å²) in [5, 5.41) is 7.46. The highest BCUT2D eigenvalue weighted by molar-refractivity contribution is 6.03. The summed E-state index contributed by atoms with van der Waals surface area (Å²) in [6, 6.07) is 23.8. The number of anilines is 3. The zero-order valence-corrected chi connectivity index (χ0v) is 14.8. The van der Waals surface area contributed by atoms with E-state index in [1.54, 1.807) is 6.21 Å². The minimum absolute atomic E-state index is 0.730. The zero-order valence-electron chi connectivity index (χ0n) is 14.8. The van der Waals surface area contributed by atoms with Gasteiger partial charge in [-0.2, -0.15) is 0 Å². The van der Waals surface area contributed by atoms with Gasteiger partial charge in [-0.3, -0.25) is 4.99 Å². The van der Waals surface area contributed by atoms with Gasteiger partial charge in [-0.15, -0.1) is 0 Å². The second-order valence-electron chi connectivity index (χ2n) is 6.26. The molecule has 0 aliphatic rings. The van der Waals surface area contributed by atoms with Gasteiger partial charge in [-0.1, -0.05) is 48.5 Å². The lowest BCUT2D eigenvalue weighted by Crippen LogP contribution is -1.93. The average Bonchev–Trinajstić information content (AvgIpc) is 2.68. The van der Waals surface area contributed by atoms with Crippen LogP contribution in [0.15, 0.2) is 90.1 Å². The Kier molecular flexibility index (Phi) is 4.45. The number of allylic oxidation sites excluding steroid dienone is 1. The quantitative estimate of drug-likeness (QED) is 0.336. The van der Waals surface area contributed by atoms with Gasteiger partial charge in [0.1, 0.15) is 0 Å². The van der Waals surface area contributed by atoms with Crippen molar-refractivity contribution in [1.82, 2.24) is 0 Å². The third-order valence-corrected chi connectivity index (χ3v) is 4.49. The van der Waals surface area contributed by atoms with Crippen LogP contribution in [-0.4, -0.2) is 6.21 Å². The van der Waals surface area contributed by atoms with Crippen molar-refractivity contribution >= 4 is 50.5 Å². The molecule has 0 fully saturated rings. The molecule has 27 heavy (non-hydrogen) atoms. The van der Waals surface area contributed by atoms with Crippen molar-refractivity contribution in [2.24, 2.45) is 4.99 Å². The first-order valence-electron chi connectivity index (χ1n) is 8.74. The molecule has 4 aromatic carbocycles. The molecule has 0 unspecified atom stereocenters. The predicted octanol–water partition coefficient (Wildman–Crippen LogP) is 5.49. The maximum atomic E-state index is 6.13. The zero-order chi connectivity index (χ0) is 18.6. The highest BCUT2D eigenvalue weighted by Crippen LogP contribution is 2.31. The molecule has 0 aliphatic heterocycles. The SMILES string of the molecule is Nc1cccc2cccc(N=C/C=C\Nc3cccc4cccc(N)c34)c12. The summed E-state index contributed by atoms with van der Waals surface area (Å²) in [6.45, 7) is 0. The molecule has 0 bridgehead atoms. The van der Waals surface area contributed by atoms with Gasteiger partial charge >= 0.3 is 0 Å². The molecule has 5 N–H and O–H groups in total. The third kappa shape index (κ3) is 3.33. The van der Waals surface area contributed by atoms with E-state index in [4.69, 9.17) is 11.5 Å². The van der Waals surface area contributed by atoms with Gasteiger partial charge in [-0.05, 0) is 41.1 Å². The standard InChI is InChI=1S/C23H20N4/c24-18-10-1-6-16-8-3-12-20(22(16)18)26-14-5-15-27-21-13-4-9-17-7-2-11-19(25)23(17)21/h1-15,26H,24-25H2/b14-5-,27-15?. The van der Waals surface area contributed by atoms with Crippen molar-refractivity contribution in [3.63, 3.8) is 0 Å². The number of hydrogen-bond acceptors (Lipinski definition) is 4. The molecule has 0 radical (unpaired) electrons. The van der Waals surface area contributed by atoms with Crippen molar-refractivity contribution in [1.29, 1.82) is 0 Å². The number of benzene rings is 4. The Morgan fingerprint density at radius 3 is 2.04 bits per heavy atom. The molecule has 132 valence electrons. The second kappa shape index (κ2) is 7.22. The highest BCUT2D eigenvalue weighted by atomic mass is 14.8. The van der Waals surface area contributed by atoms with Gasteiger partial charge in [0.25, 0.3) is 0 Å². The molecule has 0 spiro atoms. The number of rotatable bonds is 4. The first-order chi connectivity index (χ1) is 13.2. The van der Waals surface area contributed by atoms with Crippen LogP contribution in [-0.2, 0) is 0 Å². The number of nitrogens with one attached hydrogen (secondary N) is 1. The van der Waals surface area contributed by atoms with Crippen LogP contribution in [0.3, 0.4) is 0 Å². The first kappa shape index (κ1) is 16.7. The second-order valence-corrected chi connectivity index (χ2v) is 6.26. The van der Waals surface area contributed by atoms with E-state index in [1.165, 1.54) is 0 Å². The first-order valence-corrected chi connectivity index (χ1v) is 8.74. The van der Waals surface area contributed by atoms with Crippen molar-refractivity contribution in [3.05, 3.63) is 85.1 Å². The molecule has 0 heterocycles. The fourth-order valence-corrected chi connectivity index (χ4v) is 3.25. The van der Waals surface area contributed by atoms with Crippen molar-refractivity contribution in [2.45, 2.75) is 0 Å². The van der Waals surface area contributed by atoms with Crippen LogP contribution in [0.2, 0.25) is 0 Å². The number of nitrogens with zero attached hydrogens (tertiary/aromatic N) is 1. The lowest BCUT2D eigenvalue weighted by molar-refractivity contribution is 1.57. The smallest absolute Gasteiger partial charge is 0.0728 e. The van der Waals surface area contributed by atoms with Gasteiger partial charge in [0.05, 0.1) is 5.69 Å². The van der Waals surface area contributed by atoms with Crippen LogP contribution in [0.4, 0.5) is 22.7 Å². The van der Waals surface area contributed by atoms with Crippen molar-refractivity contribution in [2.75, 3.05) is 16.8 Å². The van der Waals surface area contributed by atoms with Crippen molar-refractivity contribution < 1.29 is 0 Å². The Labute approximate surface area is 157 Å². The Morgan fingerprint density at radius 1 is 0.704 bits per heavy atom. The van der Waals surface area contributed by atoms with Crippen LogP contribution >= 0.6 is 0 Å². The average molecular weight is 352 g/mol. The molecule has 0 aromatic heterocycles. The number of hydrogen-bond donors (Lipinski definition) is 3. The minimum Gasteiger partial charge on any atom is -0.398 e.